The number of aliphatic hydroxyl groups excluding tert-OH is 1. The van der Waals surface area contributed by atoms with Crippen molar-refractivity contribution >= 4 is 35.0 Å². The fourth-order valence-electron chi connectivity index (χ4n) is 4.62. The van der Waals surface area contributed by atoms with Crippen molar-refractivity contribution in [1.82, 2.24) is 9.80 Å². The molecule has 3 aromatic rings. The Morgan fingerprint density at radius 1 is 1.07 bits per heavy atom. The normalized spacial score (nSPS) is 17.0. The quantitative estimate of drug-likeness (QED) is 0.295. The Hall–Kier alpha value is -4.84. The van der Waals surface area contributed by atoms with Crippen LogP contribution in [0.3, 0.4) is 0 Å². The number of aliphatic hydroxyl groups is 1. The van der Waals surface area contributed by atoms with Gasteiger partial charge >= 0.3 is 12.1 Å². The summed E-state index contributed by atoms with van der Waals surface area (Å²) in [7, 11) is 3.15. The Balaban J connectivity index is 1.60. The Kier molecular flexibility index (Phi) is 10.0. The van der Waals surface area contributed by atoms with Crippen LogP contribution in [-0.2, 0) is 0 Å². The molecule has 3 aromatic carbocycles. The van der Waals surface area contributed by atoms with E-state index in [1.54, 1.807) is 68.4 Å². The molecule has 0 unspecified atom stereocenters. The smallest absolute Gasteiger partial charge is 0.323 e. The summed E-state index contributed by atoms with van der Waals surface area (Å²) in [4.78, 5) is 42.6. The van der Waals surface area contributed by atoms with Gasteiger partial charge in [-0.2, -0.15) is 0 Å². The molecule has 4 rings (SSSR count). The molecule has 0 saturated heterocycles. The highest BCUT2D eigenvalue weighted by molar-refractivity contribution is 6.04. The molecule has 0 fully saturated rings. The molecule has 12 heteroatoms. The van der Waals surface area contributed by atoms with Crippen LogP contribution in [0.2, 0.25) is 0 Å². The zero-order chi connectivity index (χ0) is 31.1. The molecular weight excluding hydrogens is 557 g/mol. The molecule has 5 amide bonds. The molecule has 0 radical (unpaired) electrons. The Morgan fingerprint density at radius 3 is 2.37 bits per heavy atom. The largest absolute Gasteiger partial charge is 0.497 e. The number of halogens is 1. The van der Waals surface area contributed by atoms with Crippen molar-refractivity contribution < 1.29 is 33.4 Å². The number of hydrogen-bond donors (Lipinski definition) is 4. The Labute approximate surface area is 249 Å². The predicted octanol–water partition coefficient (Wildman–Crippen LogP) is 4.86. The number of ether oxygens (including phenoxy) is 2. The number of nitrogens with one attached hydrogen (secondary N) is 3. The summed E-state index contributed by atoms with van der Waals surface area (Å²) >= 11 is 0. The predicted molar refractivity (Wildman–Crippen MR) is 161 cm³/mol. The molecule has 1 aliphatic heterocycles. The van der Waals surface area contributed by atoms with E-state index >= 15 is 0 Å². The number of benzene rings is 3. The minimum absolute atomic E-state index is 0.121. The summed E-state index contributed by atoms with van der Waals surface area (Å²) in [6, 6.07) is 15.6. The van der Waals surface area contributed by atoms with E-state index in [2.05, 4.69) is 16.0 Å². The van der Waals surface area contributed by atoms with Crippen molar-refractivity contribution in [3.05, 3.63) is 78.1 Å². The lowest BCUT2D eigenvalue weighted by atomic mass is 9.99. The number of rotatable bonds is 8. The summed E-state index contributed by atoms with van der Waals surface area (Å²) in [5.41, 5.74) is 1.42. The molecule has 43 heavy (non-hydrogen) atoms. The minimum atomic E-state index is -0.614. The highest BCUT2D eigenvalue weighted by Gasteiger charge is 2.35. The summed E-state index contributed by atoms with van der Waals surface area (Å²) in [5, 5.41) is 18.1. The summed E-state index contributed by atoms with van der Waals surface area (Å²) < 4.78 is 24.9. The first-order valence-corrected chi connectivity index (χ1v) is 13.8. The minimum Gasteiger partial charge on any atom is -0.497 e. The van der Waals surface area contributed by atoms with Gasteiger partial charge in [0, 0.05) is 30.9 Å². The number of likely N-dealkylation sites (N-methyl/N-ethyl adjacent to an activating group) is 1. The maximum absolute atomic E-state index is 13.7. The second-order valence-corrected chi connectivity index (χ2v) is 10.4. The van der Waals surface area contributed by atoms with Gasteiger partial charge in [-0.3, -0.25) is 4.79 Å². The van der Waals surface area contributed by atoms with Crippen molar-refractivity contribution in [2.45, 2.75) is 26.0 Å². The number of methoxy groups -OCH3 is 1. The first kappa shape index (κ1) is 31.1. The van der Waals surface area contributed by atoms with Crippen LogP contribution in [0.25, 0.3) is 0 Å². The highest BCUT2D eigenvalue weighted by atomic mass is 19.1. The molecular formula is C31H36FN5O6. The number of carbonyl (C=O) groups excluding carboxylic acids is 3. The first-order chi connectivity index (χ1) is 20.6. The number of urea groups is 2. The fourth-order valence-corrected chi connectivity index (χ4v) is 4.62. The molecule has 0 aliphatic carbocycles. The standard InChI is InChI=1S/C31H36FN5O6/c1-19-16-37(20(2)18-38)29(39)25-6-5-7-26(35-30(40)33-22-12-14-24(42-4)15-13-22)28(25)43-27(19)17-36(3)31(41)34-23-10-8-21(32)9-11-23/h5-15,19-20,27,38H,16-18H2,1-4H3,(H,34,41)(H2,33,35,40)/t19-,20-,27+/m0/s1. The third-order valence-corrected chi connectivity index (χ3v) is 7.18. The van der Waals surface area contributed by atoms with E-state index in [0.29, 0.717) is 17.1 Å². The molecule has 1 heterocycles. The maximum atomic E-state index is 13.7. The Morgan fingerprint density at radius 2 is 1.72 bits per heavy atom. The number of amides is 5. The monoisotopic (exact) mass is 593 g/mol. The van der Waals surface area contributed by atoms with Gasteiger partial charge in [0.15, 0.2) is 5.75 Å². The molecule has 11 nitrogen and oxygen atoms in total. The van der Waals surface area contributed by atoms with Crippen molar-refractivity contribution in [3.8, 4) is 11.5 Å². The van der Waals surface area contributed by atoms with Gasteiger partial charge in [-0.05, 0) is 67.6 Å². The number of fused-ring (bicyclic) bond motifs is 1. The lowest BCUT2D eigenvalue weighted by molar-refractivity contribution is 0.0373. The van der Waals surface area contributed by atoms with E-state index in [1.165, 1.54) is 29.2 Å². The van der Waals surface area contributed by atoms with Crippen molar-refractivity contribution in [1.29, 1.82) is 0 Å². The van der Waals surface area contributed by atoms with E-state index in [1.807, 2.05) is 6.92 Å². The average Bonchev–Trinajstić information content (AvgIpc) is 3.00. The van der Waals surface area contributed by atoms with Gasteiger partial charge in [-0.25, -0.2) is 14.0 Å². The van der Waals surface area contributed by atoms with E-state index < -0.39 is 30.0 Å². The van der Waals surface area contributed by atoms with Gasteiger partial charge in [0.1, 0.15) is 17.7 Å². The zero-order valence-electron chi connectivity index (χ0n) is 24.5. The number of anilines is 3. The van der Waals surface area contributed by atoms with Crippen LogP contribution in [0.1, 0.15) is 24.2 Å². The molecule has 1 aliphatic rings. The summed E-state index contributed by atoms with van der Waals surface area (Å²) in [6.45, 7) is 3.76. The average molecular weight is 594 g/mol. The lowest BCUT2D eigenvalue weighted by Gasteiger charge is -2.38. The highest BCUT2D eigenvalue weighted by Crippen LogP contribution is 2.35. The lowest BCUT2D eigenvalue weighted by Crippen LogP contribution is -2.50. The second-order valence-electron chi connectivity index (χ2n) is 10.4. The van der Waals surface area contributed by atoms with E-state index in [9.17, 15) is 23.9 Å². The third kappa shape index (κ3) is 7.72. The number of hydrogen-bond acceptors (Lipinski definition) is 6. The summed E-state index contributed by atoms with van der Waals surface area (Å²) in [6.07, 6.45) is -0.614. The van der Waals surface area contributed by atoms with Gasteiger partial charge in [0.2, 0.25) is 0 Å². The molecule has 3 atom stereocenters. The van der Waals surface area contributed by atoms with Crippen LogP contribution in [0.15, 0.2) is 66.7 Å². The van der Waals surface area contributed by atoms with Crippen molar-refractivity contribution in [2.75, 3.05) is 49.8 Å². The number of carbonyl (C=O) groups is 3. The maximum Gasteiger partial charge on any atom is 0.323 e. The van der Waals surface area contributed by atoms with E-state index in [-0.39, 0.29) is 48.5 Å². The zero-order valence-corrected chi connectivity index (χ0v) is 24.5. The molecule has 4 N–H and O–H groups in total. The van der Waals surface area contributed by atoms with Crippen LogP contribution in [0.4, 0.5) is 31.0 Å². The van der Waals surface area contributed by atoms with Gasteiger partial charge in [0.05, 0.1) is 37.6 Å². The van der Waals surface area contributed by atoms with Gasteiger partial charge in [-0.1, -0.05) is 13.0 Å². The first-order valence-electron chi connectivity index (χ1n) is 13.8. The summed E-state index contributed by atoms with van der Waals surface area (Å²) in [5.74, 6) is -0.270. The number of nitrogens with zero attached hydrogens (tertiary/aromatic N) is 2. The van der Waals surface area contributed by atoms with E-state index in [0.717, 1.165) is 0 Å². The molecule has 228 valence electrons. The van der Waals surface area contributed by atoms with Crippen LogP contribution in [-0.4, -0.2) is 78.9 Å². The number of para-hydroxylation sites is 1. The van der Waals surface area contributed by atoms with Gasteiger partial charge in [-0.15, -0.1) is 0 Å². The van der Waals surface area contributed by atoms with Gasteiger partial charge in [0.25, 0.3) is 5.91 Å². The van der Waals surface area contributed by atoms with E-state index in [4.69, 9.17) is 9.47 Å². The van der Waals surface area contributed by atoms with Crippen LogP contribution < -0.4 is 25.4 Å². The molecule has 0 spiro atoms. The van der Waals surface area contributed by atoms with Crippen molar-refractivity contribution in [3.63, 3.8) is 0 Å². The Bertz CT molecular complexity index is 1440. The van der Waals surface area contributed by atoms with Gasteiger partial charge < -0.3 is 40.3 Å². The SMILES string of the molecule is COc1ccc(NC(=O)Nc2cccc3c2O[C@H](CN(C)C(=O)Nc2ccc(F)cc2)[C@@H](C)CN([C@@H](C)CO)C3=O)cc1. The molecule has 0 bridgehead atoms. The topological polar surface area (TPSA) is 132 Å². The van der Waals surface area contributed by atoms with Crippen molar-refractivity contribution in [2.24, 2.45) is 5.92 Å². The van der Waals surface area contributed by atoms with Crippen LogP contribution in [0.5, 0.6) is 11.5 Å². The molecule has 0 saturated carbocycles. The third-order valence-electron chi connectivity index (χ3n) is 7.18. The fraction of sp³-hybridized carbons (Fsp3) is 0.323. The molecule has 0 aromatic heterocycles. The van der Waals surface area contributed by atoms with Crippen LogP contribution in [0, 0.1) is 11.7 Å². The van der Waals surface area contributed by atoms with Crippen LogP contribution >= 0.6 is 0 Å². The second kappa shape index (κ2) is 13.9.